The number of nitrogens with two attached hydrogens (primary N) is 1. The van der Waals surface area contributed by atoms with Crippen molar-refractivity contribution in [3.63, 3.8) is 0 Å². The van der Waals surface area contributed by atoms with Gasteiger partial charge in [-0.1, -0.05) is 24.8 Å². The molecule has 222 valence electrons. The first kappa shape index (κ1) is 30.6. The number of rotatable bonds is 10. The summed E-state index contributed by atoms with van der Waals surface area (Å²) in [4.78, 5) is 27.3. The number of nitriles is 1. The van der Waals surface area contributed by atoms with Crippen molar-refractivity contribution in [1.29, 1.82) is 5.26 Å². The van der Waals surface area contributed by atoms with Gasteiger partial charge in [0.05, 0.1) is 18.0 Å². The van der Waals surface area contributed by atoms with Crippen LogP contribution in [0.15, 0.2) is 48.1 Å². The number of aryl methyl sites for hydroxylation is 2. The Morgan fingerprint density at radius 3 is 2.36 bits per heavy atom. The molecule has 0 spiro atoms. The van der Waals surface area contributed by atoms with E-state index >= 15 is 0 Å². The van der Waals surface area contributed by atoms with Crippen LogP contribution in [0.4, 0.5) is 0 Å². The number of hydrogen-bond donors (Lipinski definition) is 5. The minimum absolute atomic E-state index is 0.0797. The van der Waals surface area contributed by atoms with Crippen molar-refractivity contribution in [1.82, 2.24) is 26.3 Å². The fraction of sp³-hybridized carbons (Fsp3) is 0.438. The van der Waals surface area contributed by atoms with Gasteiger partial charge in [0.15, 0.2) is 0 Å². The number of nitrogens with zero attached hydrogens (tertiary/aromatic N) is 3. The van der Waals surface area contributed by atoms with Crippen LogP contribution < -0.4 is 27.1 Å². The second-order valence-electron chi connectivity index (χ2n) is 11.0. The molecule has 10 heteroatoms. The first-order chi connectivity index (χ1) is 20.2. The number of hydrogen-bond acceptors (Lipinski definition) is 7. The zero-order valence-electron chi connectivity index (χ0n) is 25.0. The number of fused-ring (bicyclic) bond motifs is 2. The van der Waals surface area contributed by atoms with Crippen molar-refractivity contribution >= 4 is 23.3 Å². The molecule has 1 fully saturated rings. The predicted octanol–water partition coefficient (Wildman–Crippen LogP) is 2.00. The zero-order chi connectivity index (χ0) is 30.4. The van der Waals surface area contributed by atoms with Crippen molar-refractivity contribution in [2.24, 2.45) is 10.8 Å². The summed E-state index contributed by atoms with van der Waals surface area (Å²) >= 11 is 0. The van der Waals surface area contributed by atoms with Crippen LogP contribution in [0, 0.1) is 11.3 Å². The SMILES string of the molecule is C=C(NC)c1ccc2c(c1)CCc1cc(C(=O)NC)ccc1C2(C[C@H](C)NCC(=O)N1CCCC1C#N)/C(N)=N/NC. The smallest absolute Gasteiger partial charge is 0.251 e. The first-order valence-electron chi connectivity index (χ1n) is 14.5. The third-order valence-electron chi connectivity index (χ3n) is 8.54. The molecule has 1 aliphatic heterocycles. The van der Waals surface area contributed by atoms with E-state index in [1.54, 1.807) is 19.0 Å². The number of hydrazone groups is 1. The second kappa shape index (κ2) is 13.1. The van der Waals surface area contributed by atoms with Crippen LogP contribution >= 0.6 is 0 Å². The number of carbonyl (C=O) groups excluding carboxylic acids is 2. The Labute approximate surface area is 248 Å². The molecule has 0 aromatic heterocycles. The molecule has 0 bridgehead atoms. The van der Waals surface area contributed by atoms with Crippen molar-refractivity contribution in [2.75, 3.05) is 34.2 Å². The van der Waals surface area contributed by atoms with E-state index in [4.69, 9.17) is 5.73 Å². The first-order valence-corrected chi connectivity index (χ1v) is 14.5. The number of amides is 2. The molecule has 42 heavy (non-hydrogen) atoms. The molecule has 1 saturated heterocycles. The van der Waals surface area contributed by atoms with Crippen molar-refractivity contribution < 1.29 is 9.59 Å². The van der Waals surface area contributed by atoms with Crippen molar-refractivity contribution in [3.05, 3.63) is 76.4 Å². The van der Waals surface area contributed by atoms with Crippen molar-refractivity contribution in [3.8, 4) is 6.07 Å². The lowest BCUT2D eigenvalue weighted by atomic mass is 9.67. The average Bonchev–Trinajstić information content (AvgIpc) is 3.45. The lowest BCUT2D eigenvalue weighted by Gasteiger charge is -2.38. The highest BCUT2D eigenvalue weighted by atomic mass is 16.2. The standard InChI is InChI=1S/C32H42N8O2/c1-20(38-19-29(41)40-14-6-7-26(40)18-33)17-32(31(34)39-37-5)27-12-10-22(21(2)35-3)15-23(27)8-9-24-16-25(30(42)36-4)11-13-28(24)32/h10-13,15-16,20,26,35,37-38H,2,6-9,14,17,19H2,1,3-5H3,(H2,34,39)(H,36,42)/t20-,26?,32?/m0/s1. The highest BCUT2D eigenvalue weighted by molar-refractivity contribution is 5.98. The molecule has 2 unspecified atom stereocenters. The monoisotopic (exact) mass is 570 g/mol. The van der Waals surface area contributed by atoms with Gasteiger partial charge in [-0.25, -0.2) is 0 Å². The van der Waals surface area contributed by atoms with Gasteiger partial charge < -0.3 is 32.0 Å². The Morgan fingerprint density at radius 2 is 1.76 bits per heavy atom. The molecule has 1 aliphatic carbocycles. The van der Waals surface area contributed by atoms with E-state index in [0.29, 0.717) is 37.2 Å². The summed E-state index contributed by atoms with van der Waals surface area (Å²) in [6, 6.07) is 13.8. The van der Waals surface area contributed by atoms with Gasteiger partial charge in [0.2, 0.25) is 5.91 Å². The van der Waals surface area contributed by atoms with E-state index in [1.165, 1.54) is 0 Å². The largest absolute Gasteiger partial charge is 0.388 e. The van der Waals surface area contributed by atoms with Gasteiger partial charge in [-0.3, -0.25) is 9.59 Å². The summed E-state index contributed by atoms with van der Waals surface area (Å²) in [6.07, 6.45) is 3.51. The van der Waals surface area contributed by atoms with E-state index < -0.39 is 5.41 Å². The highest BCUT2D eigenvalue weighted by Crippen LogP contribution is 2.44. The van der Waals surface area contributed by atoms with Gasteiger partial charge >= 0.3 is 0 Å². The van der Waals surface area contributed by atoms with Crippen LogP contribution in [0.5, 0.6) is 0 Å². The molecule has 2 aliphatic rings. The Hall–Kier alpha value is -4.36. The molecule has 2 aromatic carbocycles. The topological polar surface area (TPSA) is 148 Å². The maximum Gasteiger partial charge on any atom is 0.251 e. The average molecular weight is 571 g/mol. The van der Waals surface area contributed by atoms with E-state index in [1.807, 2.05) is 38.2 Å². The zero-order valence-corrected chi connectivity index (χ0v) is 25.0. The molecule has 1 heterocycles. The Balaban J connectivity index is 1.81. The number of benzene rings is 2. The minimum atomic E-state index is -0.858. The van der Waals surface area contributed by atoms with Gasteiger partial charge in [0.25, 0.3) is 5.91 Å². The third-order valence-corrected chi connectivity index (χ3v) is 8.54. The minimum Gasteiger partial charge on any atom is -0.388 e. The number of likely N-dealkylation sites (tertiary alicyclic amines) is 1. The Bertz CT molecular complexity index is 1360. The normalized spacial score (nSPS) is 20.4. The van der Waals surface area contributed by atoms with Crippen LogP contribution in [0.1, 0.15) is 64.4 Å². The second-order valence-corrected chi connectivity index (χ2v) is 11.0. The van der Waals surface area contributed by atoms with Crippen LogP contribution in [0.3, 0.4) is 0 Å². The molecule has 2 amide bonds. The number of carbonyl (C=O) groups is 2. The van der Waals surface area contributed by atoms with Gasteiger partial charge in [0.1, 0.15) is 11.9 Å². The van der Waals surface area contributed by atoms with Crippen LogP contribution in [0.2, 0.25) is 0 Å². The van der Waals surface area contributed by atoms with Crippen LogP contribution in [-0.2, 0) is 23.1 Å². The van der Waals surface area contributed by atoms with E-state index in [2.05, 4.69) is 51.3 Å². The highest BCUT2D eigenvalue weighted by Gasteiger charge is 2.44. The molecule has 0 radical (unpaired) electrons. The lowest BCUT2D eigenvalue weighted by Crippen LogP contribution is -2.50. The molecule has 6 N–H and O–H groups in total. The van der Waals surface area contributed by atoms with E-state index in [-0.39, 0.29) is 30.4 Å². The maximum atomic E-state index is 13.0. The lowest BCUT2D eigenvalue weighted by molar-refractivity contribution is -0.130. The predicted molar refractivity (Wildman–Crippen MR) is 166 cm³/mol. The maximum absolute atomic E-state index is 13.0. The summed E-state index contributed by atoms with van der Waals surface area (Å²) in [7, 11) is 5.19. The molecule has 2 aromatic rings. The third kappa shape index (κ3) is 5.83. The van der Waals surface area contributed by atoms with Crippen LogP contribution in [0.25, 0.3) is 5.70 Å². The molecule has 3 atom stereocenters. The number of amidine groups is 1. The summed E-state index contributed by atoms with van der Waals surface area (Å²) < 4.78 is 0. The Morgan fingerprint density at radius 1 is 1.12 bits per heavy atom. The molecular formula is C32H42N8O2. The quantitative estimate of drug-likeness (QED) is 0.167. The summed E-state index contributed by atoms with van der Waals surface area (Å²) in [5, 5.41) is 23.3. The molecular weight excluding hydrogens is 528 g/mol. The van der Waals surface area contributed by atoms with Crippen LogP contribution in [-0.4, -0.2) is 68.9 Å². The van der Waals surface area contributed by atoms with E-state index in [9.17, 15) is 14.9 Å². The Kier molecular flexibility index (Phi) is 9.53. The van der Waals surface area contributed by atoms with Gasteiger partial charge in [-0.05, 0) is 85.0 Å². The fourth-order valence-corrected chi connectivity index (χ4v) is 6.38. The molecule has 0 saturated carbocycles. The van der Waals surface area contributed by atoms with Gasteiger partial charge in [0, 0.05) is 45.0 Å². The molecule has 4 rings (SSSR count). The summed E-state index contributed by atoms with van der Waals surface area (Å²) in [6.45, 7) is 6.91. The van der Waals surface area contributed by atoms with Crippen molar-refractivity contribution in [2.45, 2.75) is 56.5 Å². The van der Waals surface area contributed by atoms with Gasteiger partial charge in [-0.2, -0.15) is 10.4 Å². The molecule has 10 nitrogen and oxygen atoms in total. The fourth-order valence-electron chi connectivity index (χ4n) is 6.38. The summed E-state index contributed by atoms with van der Waals surface area (Å²) in [5.41, 5.74) is 15.5. The van der Waals surface area contributed by atoms with E-state index in [0.717, 1.165) is 46.4 Å². The van der Waals surface area contributed by atoms with Gasteiger partial charge in [-0.15, -0.1) is 0 Å². The summed E-state index contributed by atoms with van der Waals surface area (Å²) in [5.74, 6) is 0.163. The number of nitrogens with one attached hydrogen (secondary N) is 4.